The molecule has 2 unspecified atom stereocenters. The van der Waals surface area contributed by atoms with Crippen LogP contribution in [0.3, 0.4) is 0 Å². The molecule has 0 bridgehead atoms. The van der Waals surface area contributed by atoms with Crippen molar-refractivity contribution in [1.82, 2.24) is 4.90 Å². The summed E-state index contributed by atoms with van der Waals surface area (Å²) in [6, 6.07) is 6.76. The summed E-state index contributed by atoms with van der Waals surface area (Å²) in [6.07, 6.45) is 4.03. The van der Waals surface area contributed by atoms with Crippen LogP contribution in [0.25, 0.3) is 0 Å². The van der Waals surface area contributed by atoms with Crippen LogP contribution in [-0.2, 0) is 0 Å². The maximum Gasteiger partial charge on any atom is 0.0426 e. The van der Waals surface area contributed by atoms with E-state index in [9.17, 15) is 0 Å². The molecule has 0 amide bonds. The first kappa shape index (κ1) is 14.5. The number of rotatable bonds is 5. The van der Waals surface area contributed by atoms with E-state index >= 15 is 0 Å². The van der Waals surface area contributed by atoms with Crippen LogP contribution >= 0.6 is 0 Å². The van der Waals surface area contributed by atoms with Crippen LogP contribution in [0, 0.1) is 19.8 Å². The van der Waals surface area contributed by atoms with E-state index in [0.29, 0.717) is 0 Å². The average Bonchev–Trinajstić information content (AvgIpc) is 2.76. The zero-order valence-corrected chi connectivity index (χ0v) is 12.7. The van der Waals surface area contributed by atoms with Gasteiger partial charge in [-0.2, -0.15) is 0 Å². The predicted molar refractivity (Wildman–Crippen MR) is 82.3 cm³/mol. The minimum Gasteiger partial charge on any atom is -0.323 e. The molecule has 1 saturated heterocycles. The molecule has 2 heteroatoms. The molecule has 2 atom stereocenters. The Morgan fingerprint density at radius 1 is 1.37 bits per heavy atom. The van der Waals surface area contributed by atoms with Gasteiger partial charge in [-0.25, -0.2) is 0 Å². The lowest BCUT2D eigenvalue weighted by Crippen LogP contribution is -2.31. The van der Waals surface area contributed by atoms with Crippen molar-refractivity contribution in [1.29, 1.82) is 0 Å². The first-order valence-electron chi connectivity index (χ1n) is 7.65. The molecule has 2 N–H and O–H groups in total. The van der Waals surface area contributed by atoms with E-state index in [1.54, 1.807) is 0 Å². The third-order valence-corrected chi connectivity index (χ3v) is 4.35. The molecular formula is C17H28N2. The number of hydrogen-bond donors (Lipinski definition) is 1. The van der Waals surface area contributed by atoms with Crippen molar-refractivity contribution < 1.29 is 0 Å². The van der Waals surface area contributed by atoms with Crippen LogP contribution in [-0.4, -0.2) is 24.5 Å². The molecule has 1 aliphatic heterocycles. The minimum absolute atomic E-state index is 0.154. The van der Waals surface area contributed by atoms with Crippen LogP contribution < -0.4 is 5.73 Å². The predicted octanol–water partition coefficient (Wildman–Crippen LogP) is 3.43. The van der Waals surface area contributed by atoms with Crippen LogP contribution in [0.2, 0.25) is 0 Å². The molecule has 0 spiro atoms. The van der Waals surface area contributed by atoms with Crippen molar-refractivity contribution >= 4 is 0 Å². The van der Waals surface area contributed by atoms with E-state index in [4.69, 9.17) is 5.73 Å². The molecule has 19 heavy (non-hydrogen) atoms. The third kappa shape index (κ3) is 3.80. The Morgan fingerprint density at radius 3 is 2.84 bits per heavy atom. The van der Waals surface area contributed by atoms with Gasteiger partial charge in [-0.15, -0.1) is 0 Å². The highest BCUT2D eigenvalue weighted by Gasteiger charge is 2.23. The van der Waals surface area contributed by atoms with E-state index in [1.807, 2.05) is 0 Å². The summed E-state index contributed by atoms with van der Waals surface area (Å²) in [5.41, 5.74) is 10.4. The number of nitrogens with two attached hydrogens (primary N) is 1. The minimum atomic E-state index is 0.154. The summed E-state index contributed by atoms with van der Waals surface area (Å²) >= 11 is 0. The van der Waals surface area contributed by atoms with Crippen molar-refractivity contribution in [3.05, 3.63) is 34.9 Å². The van der Waals surface area contributed by atoms with E-state index < -0.39 is 0 Å². The van der Waals surface area contributed by atoms with Gasteiger partial charge < -0.3 is 10.6 Å². The molecule has 0 saturated carbocycles. The molecule has 1 aromatic carbocycles. The molecule has 0 aliphatic carbocycles. The molecule has 1 aliphatic rings. The number of hydrogen-bond acceptors (Lipinski definition) is 2. The topological polar surface area (TPSA) is 29.3 Å². The zero-order chi connectivity index (χ0) is 13.8. The van der Waals surface area contributed by atoms with Gasteiger partial charge >= 0.3 is 0 Å². The van der Waals surface area contributed by atoms with Crippen LogP contribution in [0.5, 0.6) is 0 Å². The first-order valence-corrected chi connectivity index (χ1v) is 7.65. The van der Waals surface area contributed by atoms with Gasteiger partial charge in [-0.05, 0) is 50.3 Å². The number of likely N-dealkylation sites (tertiary alicyclic amines) is 1. The summed E-state index contributed by atoms with van der Waals surface area (Å²) in [5.74, 6) is 0.899. The van der Waals surface area contributed by atoms with Crippen molar-refractivity contribution in [3.8, 4) is 0 Å². The van der Waals surface area contributed by atoms with Crippen LogP contribution in [0.15, 0.2) is 18.2 Å². The molecule has 106 valence electrons. The fourth-order valence-electron chi connectivity index (χ4n) is 3.34. The summed E-state index contributed by atoms with van der Waals surface area (Å²) in [5, 5.41) is 0. The Balaban J connectivity index is 1.92. The lowest BCUT2D eigenvalue weighted by molar-refractivity contribution is 0.300. The number of aryl methyl sites for hydroxylation is 2. The van der Waals surface area contributed by atoms with Crippen molar-refractivity contribution in [2.75, 3.05) is 19.6 Å². The molecule has 1 aromatic rings. The Bertz CT molecular complexity index is 414. The normalized spacial score (nSPS) is 21.8. The van der Waals surface area contributed by atoms with Gasteiger partial charge in [0.1, 0.15) is 0 Å². The fourth-order valence-corrected chi connectivity index (χ4v) is 3.34. The Morgan fingerprint density at radius 2 is 2.16 bits per heavy atom. The highest BCUT2D eigenvalue weighted by atomic mass is 15.2. The van der Waals surface area contributed by atoms with E-state index in [-0.39, 0.29) is 6.04 Å². The van der Waals surface area contributed by atoms with Crippen LogP contribution in [0.4, 0.5) is 0 Å². The van der Waals surface area contributed by atoms with Crippen LogP contribution in [0.1, 0.15) is 48.9 Å². The van der Waals surface area contributed by atoms with Gasteiger partial charge in [0, 0.05) is 19.1 Å². The van der Waals surface area contributed by atoms with E-state index in [2.05, 4.69) is 43.9 Å². The first-order chi connectivity index (χ1) is 9.10. The smallest absolute Gasteiger partial charge is 0.0426 e. The van der Waals surface area contributed by atoms with Gasteiger partial charge in [-0.3, -0.25) is 0 Å². The summed E-state index contributed by atoms with van der Waals surface area (Å²) < 4.78 is 0. The van der Waals surface area contributed by atoms with Gasteiger partial charge in [0.15, 0.2) is 0 Å². The van der Waals surface area contributed by atoms with Gasteiger partial charge in [0.25, 0.3) is 0 Å². The fraction of sp³-hybridized carbons (Fsp3) is 0.647. The van der Waals surface area contributed by atoms with Gasteiger partial charge in [0.05, 0.1) is 0 Å². The highest BCUT2D eigenvalue weighted by Crippen LogP contribution is 2.24. The summed E-state index contributed by atoms with van der Waals surface area (Å²) in [4.78, 5) is 2.55. The lowest BCUT2D eigenvalue weighted by atomic mass is 9.99. The molecule has 1 fully saturated rings. The maximum absolute atomic E-state index is 6.40. The monoisotopic (exact) mass is 260 g/mol. The van der Waals surface area contributed by atoms with Crippen molar-refractivity contribution in [3.63, 3.8) is 0 Å². The Hall–Kier alpha value is -0.860. The van der Waals surface area contributed by atoms with Gasteiger partial charge in [0.2, 0.25) is 0 Å². The molecule has 1 heterocycles. The molecule has 0 radical (unpaired) electrons. The summed E-state index contributed by atoms with van der Waals surface area (Å²) in [6.45, 7) is 10.1. The second-order valence-corrected chi connectivity index (χ2v) is 6.17. The van der Waals surface area contributed by atoms with Crippen molar-refractivity contribution in [2.24, 2.45) is 11.7 Å². The lowest BCUT2D eigenvalue weighted by Gasteiger charge is -2.22. The quantitative estimate of drug-likeness (QED) is 0.879. The molecule has 2 nitrogen and oxygen atoms in total. The molecule has 2 rings (SSSR count). The number of nitrogens with zero attached hydrogens (tertiary/aromatic N) is 1. The van der Waals surface area contributed by atoms with Crippen molar-refractivity contribution in [2.45, 2.75) is 46.1 Å². The average molecular weight is 260 g/mol. The Labute approximate surface area is 118 Å². The molecule has 0 aromatic heterocycles. The highest BCUT2D eigenvalue weighted by molar-refractivity contribution is 5.32. The summed E-state index contributed by atoms with van der Waals surface area (Å²) in [7, 11) is 0. The third-order valence-electron chi connectivity index (χ3n) is 4.35. The van der Waals surface area contributed by atoms with E-state index in [1.165, 1.54) is 49.0 Å². The second-order valence-electron chi connectivity index (χ2n) is 6.17. The molecular weight excluding hydrogens is 232 g/mol. The second kappa shape index (κ2) is 6.53. The maximum atomic E-state index is 6.40. The Kier molecular flexibility index (Phi) is 5.00. The van der Waals surface area contributed by atoms with Gasteiger partial charge in [-0.1, -0.05) is 37.1 Å². The SMILES string of the molecule is CCCC1CCN(CC(N)c2ccc(C)cc2C)C1. The van der Waals surface area contributed by atoms with E-state index in [0.717, 1.165) is 12.5 Å². The zero-order valence-electron chi connectivity index (χ0n) is 12.7. The largest absolute Gasteiger partial charge is 0.323 e. The standard InChI is InChI=1S/C17H28N2/c1-4-5-15-8-9-19(11-15)12-17(18)16-7-6-13(2)10-14(16)3/h6-7,10,15,17H,4-5,8-9,11-12,18H2,1-3H3. The number of benzene rings is 1.